The van der Waals surface area contributed by atoms with Gasteiger partial charge in [-0.05, 0) is 12.1 Å². The molecule has 1 aromatic carbocycles. The number of hydrogen-bond acceptors (Lipinski definition) is 5. The summed E-state index contributed by atoms with van der Waals surface area (Å²) in [5, 5.41) is 7.39. The van der Waals surface area contributed by atoms with Crippen molar-refractivity contribution < 1.29 is 12.8 Å². The fourth-order valence-corrected chi connectivity index (χ4v) is 4.04. The van der Waals surface area contributed by atoms with Gasteiger partial charge in [-0.2, -0.15) is 4.31 Å². The second-order valence-corrected chi connectivity index (χ2v) is 6.90. The van der Waals surface area contributed by atoms with Crippen LogP contribution in [0.15, 0.2) is 23.4 Å². The van der Waals surface area contributed by atoms with Gasteiger partial charge in [0.25, 0.3) is 0 Å². The van der Waals surface area contributed by atoms with Crippen LogP contribution in [-0.2, 0) is 23.1 Å². The summed E-state index contributed by atoms with van der Waals surface area (Å²) in [6, 6.07) is 1.93. The first kappa shape index (κ1) is 14.2. The van der Waals surface area contributed by atoms with Gasteiger partial charge in [0.2, 0.25) is 10.0 Å². The van der Waals surface area contributed by atoms with Crippen molar-refractivity contribution in [2.24, 2.45) is 0 Å². The minimum absolute atomic E-state index is 0.0793. The molecule has 21 heavy (non-hydrogen) atoms. The molecule has 0 amide bonds. The Labute approximate surface area is 125 Å². The minimum Gasteiger partial charge on any atom is -0.396 e. The molecule has 112 valence electrons. The van der Waals surface area contributed by atoms with Crippen molar-refractivity contribution in [3.05, 3.63) is 35.1 Å². The van der Waals surface area contributed by atoms with E-state index < -0.39 is 15.8 Å². The van der Waals surface area contributed by atoms with Crippen molar-refractivity contribution >= 4 is 27.3 Å². The van der Waals surface area contributed by atoms with Crippen LogP contribution in [0.5, 0.6) is 0 Å². The van der Waals surface area contributed by atoms with E-state index in [1.807, 2.05) is 0 Å². The molecule has 0 unspecified atom stereocenters. The second-order valence-electron chi connectivity index (χ2n) is 4.58. The van der Waals surface area contributed by atoms with Gasteiger partial charge < -0.3 is 10.3 Å². The lowest BCUT2D eigenvalue weighted by Gasteiger charge is -2.26. The molecule has 0 saturated heterocycles. The van der Waals surface area contributed by atoms with Crippen molar-refractivity contribution in [2.75, 3.05) is 12.3 Å². The summed E-state index contributed by atoms with van der Waals surface area (Å²) >= 11 is 5.85. The molecule has 0 aliphatic carbocycles. The molecule has 0 saturated carbocycles. The smallest absolute Gasteiger partial charge is 0.245 e. The van der Waals surface area contributed by atoms with Crippen LogP contribution in [0.4, 0.5) is 10.1 Å². The molecule has 2 N–H and O–H groups in total. The predicted molar refractivity (Wildman–Crippen MR) is 73.4 cm³/mol. The lowest BCUT2D eigenvalue weighted by Crippen LogP contribution is -2.38. The largest absolute Gasteiger partial charge is 0.396 e. The van der Waals surface area contributed by atoms with Crippen LogP contribution in [0.25, 0.3) is 0 Å². The summed E-state index contributed by atoms with van der Waals surface area (Å²) in [7, 11) is -3.88. The molecule has 2 heterocycles. The van der Waals surface area contributed by atoms with Crippen molar-refractivity contribution in [1.29, 1.82) is 0 Å². The van der Waals surface area contributed by atoms with Crippen LogP contribution in [0.3, 0.4) is 0 Å². The van der Waals surface area contributed by atoms with E-state index in [0.29, 0.717) is 12.4 Å². The fraction of sp³-hybridized carbons (Fsp3) is 0.273. The van der Waals surface area contributed by atoms with Gasteiger partial charge in [-0.1, -0.05) is 11.6 Å². The standard InChI is InChI=1S/C11H11ClFN5O2S/c12-7-3-8(13)9(14)4-10(7)21(19,20)18-2-1-17-6-15-16-11(17)5-18/h3-4,6H,1-2,5,14H2. The number of rotatable bonds is 2. The lowest BCUT2D eigenvalue weighted by atomic mass is 10.3. The Kier molecular flexibility index (Phi) is 3.34. The van der Waals surface area contributed by atoms with E-state index in [9.17, 15) is 12.8 Å². The first-order chi connectivity index (χ1) is 9.89. The fourth-order valence-electron chi connectivity index (χ4n) is 2.13. The molecule has 1 aromatic heterocycles. The van der Waals surface area contributed by atoms with Crippen molar-refractivity contribution in [3.8, 4) is 0 Å². The highest BCUT2D eigenvalue weighted by molar-refractivity contribution is 7.89. The average molecular weight is 332 g/mol. The quantitative estimate of drug-likeness (QED) is 0.824. The Bertz CT molecular complexity index is 807. The van der Waals surface area contributed by atoms with Gasteiger partial charge in [0, 0.05) is 13.1 Å². The number of nitrogen functional groups attached to an aromatic ring is 1. The SMILES string of the molecule is Nc1cc(S(=O)(=O)N2CCn3cnnc3C2)c(Cl)cc1F. The summed E-state index contributed by atoms with van der Waals surface area (Å²) in [6.07, 6.45) is 1.54. The van der Waals surface area contributed by atoms with Gasteiger partial charge in [0.15, 0.2) is 0 Å². The van der Waals surface area contributed by atoms with Gasteiger partial charge in [0.1, 0.15) is 22.9 Å². The lowest BCUT2D eigenvalue weighted by molar-refractivity contribution is 0.335. The van der Waals surface area contributed by atoms with Crippen LogP contribution < -0.4 is 5.73 Å². The molecule has 0 radical (unpaired) electrons. The molecule has 0 bridgehead atoms. The van der Waals surface area contributed by atoms with Gasteiger partial charge in [-0.15, -0.1) is 10.2 Å². The van der Waals surface area contributed by atoms with E-state index in [1.54, 1.807) is 10.9 Å². The Hall–Kier alpha value is -1.71. The predicted octanol–water partition coefficient (Wildman–Crippen LogP) is 0.857. The van der Waals surface area contributed by atoms with Crippen molar-refractivity contribution in [3.63, 3.8) is 0 Å². The molecule has 10 heteroatoms. The molecule has 3 rings (SSSR count). The van der Waals surface area contributed by atoms with E-state index in [1.165, 1.54) is 4.31 Å². The molecule has 1 aliphatic rings. The van der Waals surface area contributed by atoms with E-state index in [0.717, 1.165) is 12.1 Å². The van der Waals surface area contributed by atoms with Crippen LogP contribution in [-0.4, -0.2) is 34.0 Å². The van der Waals surface area contributed by atoms with Crippen LogP contribution in [0.1, 0.15) is 5.82 Å². The van der Waals surface area contributed by atoms with Crippen molar-refractivity contribution in [2.45, 2.75) is 18.0 Å². The number of halogens is 2. The first-order valence-electron chi connectivity index (χ1n) is 6.01. The van der Waals surface area contributed by atoms with Crippen LogP contribution in [0, 0.1) is 5.82 Å². The highest BCUT2D eigenvalue weighted by atomic mass is 35.5. The zero-order valence-electron chi connectivity index (χ0n) is 10.7. The third-order valence-electron chi connectivity index (χ3n) is 3.27. The number of anilines is 1. The Morgan fingerprint density at radius 3 is 2.86 bits per heavy atom. The van der Waals surface area contributed by atoms with Crippen molar-refractivity contribution in [1.82, 2.24) is 19.1 Å². The maximum absolute atomic E-state index is 13.3. The zero-order chi connectivity index (χ0) is 15.2. The Morgan fingerprint density at radius 1 is 1.33 bits per heavy atom. The second kappa shape index (κ2) is 4.93. The maximum atomic E-state index is 13.3. The number of aromatic nitrogens is 3. The zero-order valence-corrected chi connectivity index (χ0v) is 12.3. The van der Waals surface area contributed by atoms with Crippen LogP contribution in [0.2, 0.25) is 5.02 Å². The monoisotopic (exact) mass is 331 g/mol. The summed E-state index contributed by atoms with van der Waals surface area (Å²) < 4.78 is 41.5. The van der Waals surface area contributed by atoms with E-state index in [2.05, 4.69) is 10.2 Å². The third-order valence-corrected chi connectivity index (χ3v) is 5.58. The first-order valence-corrected chi connectivity index (χ1v) is 7.83. The van der Waals surface area contributed by atoms with E-state index in [-0.39, 0.29) is 28.7 Å². The highest BCUT2D eigenvalue weighted by Crippen LogP contribution is 2.30. The van der Waals surface area contributed by atoms with Gasteiger partial charge in [-0.25, -0.2) is 12.8 Å². The number of sulfonamides is 1. The number of hydrogen-bond donors (Lipinski definition) is 1. The molecule has 0 spiro atoms. The number of nitrogens with zero attached hydrogens (tertiary/aromatic N) is 4. The summed E-state index contributed by atoms with van der Waals surface area (Å²) in [6.45, 7) is 0.771. The number of benzene rings is 1. The molecule has 0 atom stereocenters. The third kappa shape index (κ3) is 2.37. The summed E-state index contributed by atoms with van der Waals surface area (Å²) in [4.78, 5) is -0.212. The van der Waals surface area contributed by atoms with E-state index >= 15 is 0 Å². The normalized spacial score (nSPS) is 15.9. The Morgan fingerprint density at radius 2 is 2.10 bits per heavy atom. The minimum atomic E-state index is -3.88. The topological polar surface area (TPSA) is 94.1 Å². The molecular formula is C11H11ClFN5O2S. The molecule has 1 aliphatic heterocycles. The maximum Gasteiger partial charge on any atom is 0.245 e. The Balaban J connectivity index is 2.00. The van der Waals surface area contributed by atoms with E-state index in [4.69, 9.17) is 17.3 Å². The van der Waals surface area contributed by atoms with Crippen LogP contribution >= 0.6 is 11.6 Å². The highest BCUT2D eigenvalue weighted by Gasteiger charge is 2.31. The molecule has 0 fully saturated rings. The van der Waals surface area contributed by atoms with Gasteiger partial charge >= 0.3 is 0 Å². The molecular weight excluding hydrogens is 321 g/mol. The number of fused-ring (bicyclic) bond motifs is 1. The average Bonchev–Trinajstić information content (AvgIpc) is 2.90. The van der Waals surface area contributed by atoms with Gasteiger partial charge in [0.05, 0.1) is 17.3 Å². The number of nitrogens with two attached hydrogens (primary N) is 1. The summed E-state index contributed by atoms with van der Waals surface area (Å²) in [5.41, 5.74) is 5.17. The summed E-state index contributed by atoms with van der Waals surface area (Å²) in [5.74, 6) is -0.214. The molecule has 7 nitrogen and oxygen atoms in total. The molecule has 2 aromatic rings. The van der Waals surface area contributed by atoms with Gasteiger partial charge in [-0.3, -0.25) is 0 Å².